The molecule has 19 heavy (non-hydrogen) atoms. The lowest BCUT2D eigenvalue weighted by Crippen LogP contribution is -2.47. The zero-order chi connectivity index (χ0) is 13.4. The maximum absolute atomic E-state index is 12.3. The molecule has 5 nitrogen and oxygen atoms in total. The Kier molecular flexibility index (Phi) is 3.14. The van der Waals surface area contributed by atoms with Crippen molar-refractivity contribution in [1.29, 1.82) is 0 Å². The van der Waals surface area contributed by atoms with Crippen LogP contribution in [0.2, 0.25) is 0 Å². The van der Waals surface area contributed by atoms with Crippen LogP contribution in [-0.2, 0) is 11.8 Å². The Balaban J connectivity index is 1.71. The summed E-state index contributed by atoms with van der Waals surface area (Å²) in [5.41, 5.74) is 0.736. The molecule has 1 amide bonds. The number of piperidine rings is 1. The van der Waals surface area contributed by atoms with E-state index in [9.17, 15) is 9.59 Å². The number of Topliss-reactive ketones (excluding diaryl/α,β-unsaturated/α-hetero) is 1. The molecule has 0 aliphatic carbocycles. The van der Waals surface area contributed by atoms with Crippen molar-refractivity contribution in [2.75, 3.05) is 19.6 Å². The fourth-order valence-corrected chi connectivity index (χ4v) is 3.25. The fourth-order valence-electron chi connectivity index (χ4n) is 3.25. The lowest BCUT2D eigenvalue weighted by molar-refractivity contribution is -0.124. The van der Waals surface area contributed by atoms with Crippen LogP contribution in [0.5, 0.6) is 0 Å². The molecule has 2 unspecified atom stereocenters. The summed E-state index contributed by atoms with van der Waals surface area (Å²) in [6.07, 6.45) is 3.83. The van der Waals surface area contributed by atoms with E-state index in [1.54, 1.807) is 0 Å². The molecular weight excluding hydrogens is 242 g/mol. The standard InChI is InChI=1S/C14H19N3O2/c1-16-6-3-5-11(16)13(18)9-17-7-2-4-10-12(17)8-15-14(10)19/h3,5-6,10,12H,2,4,7-9H2,1H3,(H,15,19). The highest BCUT2D eigenvalue weighted by atomic mass is 16.2. The van der Waals surface area contributed by atoms with Gasteiger partial charge in [0.15, 0.2) is 5.78 Å². The number of nitrogens with zero attached hydrogens (tertiary/aromatic N) is 2. The smallest absolute Gasteiger partial charge is 0.224 e. The molecule has 2 saturated heterocycles. The van der Waals surface area contributed by atoms with Crippen molar-refractivity contribution in [3.8, 4) is 0 Å². The molecule has 2 aliphatic heterocycles. The molecular formula is C14H19N3O2. The minimum absolute atomic E-state index is 0.0787. The summed E-state index contributed by atoms with van der Waals surface area (Å²) < 4.78 is 1.85. The Bertz CT molecular complexity index is 509. The molecule has 1 aromatic rings. The van der Waals surface area contributed by atoms with Crippen LogP contribution in [-0.4, -0.2) is 46.8 Å². The number of fused-ring (bicyclic) bond motifs is 1. The molecule has 3 rings (SSSR count). The lowest BCUT2D eigenvalue weighted by Gasteiger charge is -2.35. The number of hydrogen-bond donors (Lipinski definition) is 1. The predicted octanol–water partition coefficient (Wildman–Crippen LogP) is 0.418. The zero-order valence-electron chi connectivity index (χ0n) is 11.1. The molecule has 102 valence electrons. The first-order valence-electron chi connectivity index (χ1n) is 6.83. The maximum Gasteiger partial charge on any atom is 0.224 e. The third kappa shape index (κ3) is 2.18. The molecule has 1 aromatic heterocycles. The number of aromatic nitrogens is 1. The third-order valence-electron chi connectivity index (χ3n) is 4.29. The van der Waals surface area contributed by atoms with Crippen LogP contribution in [0.25, 0.3) is 0 Å². The first-order chi connectivity index (χ1) is 9.16. The molecule has 5 heteroatoms. The number of rotatable bonds is 3. The van der Waals surface area contributed by atoms with Gasteiger partial charge in [-0.15, -0.1) is 0 Å². The number of nitrogens with one attached hydrogen (secondary N) is 1. The van der Waals surface area contributed by atoms with E-state index in [0.29, 0.717) is 13.1 Å². The van der Waals surface area contributed by atoms with Gasteiger partial charge >= 0.3 is 0 Å². The van der Waals surface area contributed by atoms with Crippen LogP contribution in [0, 0.1) is 5.92 Å². The quantitative estimate of drug-likeness (QED) is 0.802. The molecule has 0 spiro atoms. The van der Waals surface area contributed by atoms with Crippen molar-refractivity contribution in [3.63, 3.8) is 0 Å². The van der Waals surface area contributed by atoms with Gasteiger partial charge in [-0.2, -0.15) is 0 Å². The van der Waals surface area contributed by atoms with Crippen molar-refractivity contribution in [1.82, 2.24) is 14.8 Å². The summed E-state index contributed by atoms with van der Waals surface area (Å²) in [5, 5.41) is 2.91. The molecule has 0 radical (unpaired) electrons. The Labute approximate surface area is 112 Å². The van der Waals surface area contributed by atoms with Crippen molar-refractivity contribution in [2.24, 2.45) is 13.0 Å². The third-order valence-corrected chi connectivity index (χ3v) is 4.29. The number of amides is 1. The van der Waals surface area contributed by atoms with E-state index < -0.39 is 0 Å². The number of ketones is 1. The van der Waals surface area contributed by atoms with Crippen LogP contribution >= 0.6 is 0 Å². The Morgan fingerprint density at radius 1 is 1.53 bits per heavy atom. The second-order valence-electron chi connectivity index (χ2n) is 5.46. The monoisotopic (exact) mass is 261 g/mol. The van der Waals surface area contributed by atoms with Crippen molar-refractivity contribution in [2.45, 2.75) is 18.9 Å². The van der Waals surface area contributed by atoms with Gasteiger partial charge in [0.1, 0.15) is 0 Å². The number of carbonyl (C=O) groups is 2. The first-order valence-corrected chi connectivity index (χ1v) is 6.83. The minimum atomic E-state index is 0.0787. The maximum atomic E-state index is 12.3. The highest BCUT2D eigenvalue weighted by Gasteiger charge is 2.41. The number of carbonyl (C=O) groups excluding carboxylic acids is 2. The van der Waals surface area contributed by atoms with Gasteiger partial charge in [0.05, 0.1) is 18.2 Å². The Morgan fingerprint density at radius 3 is 3.11 bits per heavy atom. The van der Waals surface area contributed by atoms with E-state index in [1.165, 1.54) is 0 Å². The largest absolute Gasteiger partial charge is 0.354 e. The Morgan fingerprint density at radius 2 is 2.37 bits per heavy atom. The van der Waals surface area contributed by atoms with Crippen molar-refractivity contribution >= 4 is 11.7 Å². The van der Waals surface area contributed by atoms with E-state index in [2.05, 4.69) is 10.2 Å². The molecule has 0 saturated carbocycles. The van der Waals surface area contributed by atoms with Gasteiger partial charge in [-0.3, -0.25) is 14.5 Å². The number of aryl methyl sites for hydroxylation is 1. The Hall–Kier alpha value is -1.62. The SMILES string of the molecule is Cn1cccc1C(=O)CN1CCCC2C(=O)NCC21. The van der Waals surface area contributed by atoms with Gasteiger partial charge in [-0.05, 0) is 31.5 Å². The molecule has 0 aromatic carbocycles. The molecule has 0 bridgehead atoms. The summed E-state index contributed by atoms with van der Waals surface area (Å²) in [6, 6.07) is 3.93. The second kappa shape index (κ2) is 4.81. The van der Waals surface area contributed by atoms with Crippen molar-refractivity contribution in [3.05, 3.63) is 24.0 Å². The van der Waals surface area contributed by atoms with E-state index in [0.717, 1.165) is 25.1 Å². The molecule has 2 aliphatic rings. The zero-order valence-corrected chi connectivity index (χ0v) is 11.1. The summed E-state index contributed by atoms with van der Waals surface area (Å²) in [6.45, 7) is 2.00. The van der Waals surface area contributed by atoms with Gasteiger partial charge in [-0.1, -0.05) is 0 Å². The molecule has 3 heterocycles. The number of hydrogen-bond acceptors (Lipinski definition) is 3. The van der Waals surface area contributed by atoms with Crippen LogP contribution < -0.4 is 5.32 Å². The van der Waals surface area contributed by atoms with Crippen LogP contribution in [0.4, 0.5) is 0 Å². The van der Waals surface area contributed by atoms with Gasteiger partial charge in [0, 0.05) is 25.8 Å². The molecule has 2 atom stereocenters. The van der Waals surface area contributed by atoms with E-state index in [-0.39, 0.29) is 23.7 Å². The highest BCUT2D eigenvalue weighted by Crippen LogP contribution is 2.27. The second-order valence-corrected chi connectivity index (χ2v) is 5.46. The average Bonchev–Trinajstić information content (AvgIpc) is 2.97. The van der Waals surface area contributed by atoms with Gasteiger partial charge in [-0.25, -0.2) is 0 Å². The summed E-state index contributed by atoms with van der Waals surface area (Å²) in [4.78, 5) is 26.2. The normalized spacial score (nSPS) is 27.1. The average molecular weight is 261 g/mol. The van der Waals surface area contributed by atoms with Crippen molar-refractivity contribution < 1.29 is 9.59 Å². The summed E-state index contributed by atoms with van der Waals surface area (Å²) >= 11 is 0. The van der Waals surface area contributed by atoms with Crippen LogP contribution in [0.3, 0.4) is 0 Å². The minimum Gasteiger partial charge on any atom is -0.354 e. The fraction of sp³-hybridized carbons (Fsp3) is 0.571. The molecule has 1 N–H and O–H groups in total. The molecule has 2 fully saturated rings. The van der Waals surface area contributed by atoms with E-state index in [4.69, 9.17) is 0 Å². The van der Waals surface area contributed by atoms with Crippen LogP contribution in [0.1, 0.15) is 23.3 Å². The lowest BCUT2D eigenvalue weighted by atomic mass is 9.91. The van der Waals surface area contributed by atoms with Gasteiger partial charge in [0.2, 0.25) is 5.91 Å². The summed E-state index contributed by atoms with van der Waals surface area (Å²) in [5.74, 6) is 0.364. The van der Waals surface area contributed by atoms with E-state index >= 15 is 0 Å². The number of likely N-dealkylation sites (tertiary alicyclic amines) is 1. The summed E-state index contributed by atoms with van der Waals surface area (Å²) in [7, 11) is 1.88. The first kappa shape index (κ1) is 12.4. The van der Waals surface area contributed by atoms with Gasteiger partial charge in [0.25, 0.3) is 0 Å². The van der Waals surface area contributed by atoms with E-state index in [1.807, 2.05) is 29.9 Å². The highest BCUT2D eigenvalue weighted by molar-refractivity contribution is 5.96. The van der Waals surface area contributed by atoms with Gasteiger partial charge < -0.3 is 9.88 Å². The predicted molar refractivity (Wildman–Crippen MR) is 70.8 cm³/mol. The topological polar surface area (TPSA) is 54.3 Å². The van der Waals surface area contributed by atoms with Crippen LogP contribution in [0.15, 0.2) is 18.3 Å².